The lowest BCUT2D eigenvalue weighted by Gasteiger charge is -2.34. The molecule has 0 aromatic carbocycles. The smallest absolute Gasteiger partial charge is 0.234 e. The number of carbonyl (C=O) groups is 2. The van der Waals surface area contributed by atoms with Crippen LogP contribution in [0.5, 0.6) is 0 Å². The number of hydrogen-bond acceptors (Lipinski definition) is 4. The summed E-state index contributed by atoms with van der Waals surface area (Å²) in [7, 11) is 1.89. The first-order chi connectivity index (χ1) is 9.52. The first-order valence-electron chi connectivity index (χ1n) is 7.47. The molecule has 0 radical (unpaired) electrons. The summed E-state index contributed by atoms with van der Waals surface area (Å²) in [6.45, 7) is 8.24. The van der Waals surface area contributed by atoms with Crippen molar-refractivity contribution in [3.8, 4) is 0 Å². The normalized spacial score (nSPS) is 16.5. The van der Waals surface area contributed by atoms with Crippen LogP contribution in [-0.4, -0.2) is 74.0 Å². The van der Waals surface area contributed by atoms with Crippen molar-refractivity contribution in [3.63, 3.8) is 0 Å². The van der Waals surface area contributed by atoms with Crippen LogP contribution in [0.4, 0.5) is 0 Å². The van der Waals surface area contributed by atoms with E-state index < -0.39 is 0 Å². The lowest BCUT2D eigenvalue weighted by Crippen LogP contribution is -2.51. The molecule has 1 heterocycles. The Balaban J connectivity index is 2.22. The SMILES string of the molecule is CNCCCC(=O)N1CCN(CC(=O)NC(C)C)CC1. The predicted octanol–water partition coefficient (Wildman–Crippen LogP) is -0.345. The number of amides is 2. The molecule has 6 heteroatoms. The third-order valence-electron chi connectivity index (χ3n) is 3.36. The molecule has 0 saturated carbocycles. The summed E-state index contributed by atoms with van der Waals surface area (Å²) in [4.78, 5) is 27.6. The van der Waals surface area contributed by atoms with E-state index in [0.29, 0.717) is 13.0 Å². The van der Waals surface area contributed by atoms with Gasteiger partial charge in [-0.05, 0) is 33.9 Å². The molecule has 0 spiro atoms. The molecule has 1 aliphatic rings. The second-order valence-corrected chi connectivity index (χ2v) is 5.59. The lowest BCUT2D eigenvalue weighted by atomic mass is 10.2. The van der Waals surface area contributed by atoms with Crippen LogP contribution in [0.15, 0.2) is 0 Å². The van der Waals surface area contributed by atoms with E-state index in [1.807, 2.05) is 25.8 Å². The first kappa shape index (κ1) is 16.9. The number of hydrogen-bond donors (Lipinski definition) is 2. The molecule has 2 amide bonds. The van der Waals surface area contributed by atoms with Gasteiger partial charge in [0.2, 0.25) is 11.8 Å². The summed E-state index contributed by atoms with van der Waals surface area (Å²) in [5.41, 5.74) is 0. The van der Waals surface area contributed by atoms with Gasteiger partial charge in [-0.1, -0.05) is 0 Å². The predicted molar refractivity (Wildman–Crippen MR) is 79.5 cm³/mol. The molecule has 2 N–H and O–H groups in total. The van der Waals surface area contributed by atoms with Gasteiger partial charge in [0.15, 0.2) is 0 Å². The minimum Gasteiger partial charge on any atom is -0.353 e. The Kier molecular flexibility index (Phi) is 7.54. The Bertz CT molecular complexity index is 312. The molecule has 0 aliphatic carbocycles. The van der Waals surface area contributed by atoms with E-state index in [0.717, 1.165) is 39.1 Å². The topological polar surface area (TPSA) is 64.7 Å². The molecule has 6 nitrogen and oxygen atoms in total. The van der Waals surface area contributed by atoms with Crippen molar-refractivity contribution in [1.29, 1.82) is 0 Å². The lowest BCUT2D eigenvalue weighted by molar-refractivity contribution is -0.133. The Labute approximate surface area is 121 Å². The Hall–Kier alpha value is -1.14. The van der Waals surface area contributed by atoms with Crippen molar-refractivity contribution >= 4 is 11.8 Å². The van der Waals surface area contributed by atoms with Crippen LogP contribution in [-0.2, 0) is 9.59 Å². The minimum atomic E-state index is 0.0637. The van der Waals surface area contributed by atoms with Crippen molar-refractivity contribution in [1.82, 2.24) is 20.4 Å². The van der Waals surface area contributed by atoms with Crippen molar-refractivity contribution < 1.29 is 9.59 Å². The van der Waals surface area contributed by atoms with E-state index in [1.54, 1.807) is 0 Å². The van der Waals surface area contributed by atoms with E-state index >= 15 is 0 Å². The average molecular weight is 284 g/mol. The van der Waals surface area contributed by atoms with Gasteiger partial charge in [-0.3, -0.25) is 14.5 Å². The summed E-state index contributed by atoms with van der Waals surface area (Å²) in [6.07, 6.45) is 1.49. The fourth-order valence-corrected chi connectivity index (χ4v) is 2.30. The first-order valence-corrected chi connectivity index (χ1v) is 7.47. The van der Waals surface area contributed by atoms with E-state index in [1.165, 1.54) is 0 Å². The quantitative estimate of drug-likeness (QED) is 0.628. The highest BCUT2D eigenvalue weighted by Crippen LogP contribution is 2.04. The largest absolute Gasteiger partial charge is 0.353 e. The molecular weight excluding hydrogens is 256 g/mol. The van der Waals surface area contributed by atoms with Gasteiger partial charge < -0.3 is 15.5 Å². The van der Waals surface area contributed by atoms with Gasteiger partial charge >= 0.3 is 0 Å². The van der Waals surface area contributed by atoms with Gasteiger partial charge in [-0.15, -0.1) is 0 Å². The van der Waals surface area contributed by atoms with Crippen molar-refractivity contribution in [2.24, 2.45) is 0 Å². The van der Waals surface area contributed by atoms with E-state index in [4.69, 9.17) is 0 Å². The molecule has 0 atom stereocenters. The van der Waals surface area contributed by atoms with Crippen LogP contribution in [0.1, 0.15) is 26.7 Å². The molecule has 1 fully saturated rings. The molecule has 0 aromatic heterocycles. The van der Waals surface area contributed by atoms with Crippen LogP contribution in [0.3, 0.4) is 0 Å². The van der Waals surface area contributed by atoms with Gasteiger partial charge in [0.25, 0.3) is 0 Å². The highest BCUT2D eigenvalue weighted by Gasteiger charge is 2.21. The zero-order valence-electron chi connectivity index (χ0n) is 12.9. The van der Waals surface area contributed by atoms with E-state index in [-0.39, 0.29) is 17.9 Å². The maximum atomic E-state index is 11.9. The summed E-state index contributed by atoms with van der Waals surface area (Å²) < 4.78 is 0. The summed E-state index contributed by atoms with van der Waals surface area (Å²) in [5.74, 6) is 0.292. The van der Waals surface area contributed by atoms with Crippen LogP contribution >= 0.6 is 0 Å². The molecule has 1 saturated heterocycles. The van der Waals surface area contributed by atoms with E-state index in [2.05, 4.69) is 15.5 Å². The average Bonchev–Trinajstić information content (AvgIpc) is 2.38. The Morgan fingerprint density at radius 1 is 1.15 bits per heavy atom. The highest BCUT2D eigenvalue weighted by atomic mass is 16.2. The number of nitrogens with zero attached hydrogens (tertiary/aromatic N) is 2. The molecule has 0 unspecified atom stereocenters. The zero-order valence-corrected chi connectivity index (χ0v) is 12.9. The standard InChI is InChI=1S/C14H28N4O2/c1-12(2)16-13(19)11-17-7-9-18(10-8-17)14(20)5-4-6-15-3/h12,15H,4-11H2,1-3H3,(H,16,19). The van der Waals surface area contributed by atoms with Gasteiger partial charge in [0.05, 0.1) is 6.54 Å². The van der Waals surface area contributed by atoms with Crippen molar-refractivity contribution in [2.75, 3.05) is 46.3 Å². The number of carbonyl (C=O) groups excluding carboxylic acids is 2. The molecule has 1 aliphatic heterocycles. The third-order valence-corrected chi connectivity index (χ3v) is 3.36. The Morgan fingerprint density at radius 3 is 2.35 bits per heavy atom. The molecule has 116 valence electrons. The van der Waals surface area contributed by atoms with Crippen LogP contribution in [0.25, 0.3) is 0 Å². The summed E-state index contributed by atoms with van der Waals surface area (Å²) >= 11 is 0. The van der Waals surface area contributed by atoms with Crippen LogP contribution in [0, 0.1) is 0 Å². The fraction of sp³-hybridized carbons (Fsp3) is 0.857. The fourth-order valence-electron chi connectivity index (χ4n) is 2.30. The highest BCUT2D eigenvalue weighted by molar-refractivity contribution is 5.78. The maximum Gasteiger partial charge on any atom is 0.234 e. The minimum absolute atomic E-state index is 0.0637. The molecule has 0 bridgehead atoms. The number of rotatable bonds is 7. The third kappa shape index (κ3) is 6.34. The van der Waals surface area contributed by atoms with E-state index in [9.17, 15) is 9.59 Å². The van der Waals surface area contributed by atoms with Crippen molar-refractivity contribution in [2.45, 2.75) is 32.7 Å². The second kappa shape index (κ2) is 8.92. The second-order valence-electron chi connectivity index (χ2n) is 5.59. The van der Waals surface area contributed by atoms with Gasteiger partial charge in [-0.25, -0.2) is 0 Å². The molecule has 1 rings (SSSR count). The molecule has 20 heavy (non-hydrogen) atoms. The van der Waals surface area contributed by atoms with Crippen molar-refractivity contribution in [3.05, 3.63) is 0 Å². The van der Waals surface area contributed by atoms with Crippen LogP contribution in [0.2, 0.25) is 0 Å². The molecule has 0 aromatic rings. The zero-order chi connectivity index (χ0) is 15.0. The summed E-state index contributed by atoms with van der Waals surface area (Å²) in [6, 6.07) is 0.178. The molecular formula is C14H28N4O2. The van der Waals surface area contributed by atoms with Crippen LogP contribution < -0.4 is 10.6 Å². The van der Waals surface area contributed by atoms with Gasteiger partial charge in [0.1, 0.15) is 0 Å². The summed E-state index contributed by atoms with van der Waals surface area (Å²) in [5, 5.41) is 5.94. The monoisotopic (exact) mass is 284 g/mol. The van der Waals surface area contributed by atoms with Gasteiger partial charge in [-0.2, -0.15) is 0 Å². The maximum absolute atomic E-state index is 11.9. The number of piperazine rings is 1. The Morgan fingerprint density at radius 2 is 1.80 bits per heavy atom. The number of nitrogens with one attached hydrogen (secondary N) is 2. The van der Waals surface area contributed by atoms with Gasteiger partial charge in [0, 0.05) is 38.6 Å².